The Balaban J connectivity index is 1.40. The molecule has 0 radical (unpaired) electrons. The minimum Gasteiger partial charge on any atom is -0.436 e. The molecule has 0 spiro atoms. The molecule has 5 rings (SSSR count). The number of carbonyl (C=O) groups excluding carboxylic acids is 1. The summed E-state index contributed by atoms with van der Waals surface area (Å²) in [5.74, 6) is 1.39. The van der Waals surface area contributed by atoms with Gasteiger partial charge in [0.15, 0.2) is 0 Å². The number of ether oxygens (including phenoxy) is 1. The van der Waals surface area contributed by atoms with Crippen LogP contribution < -0.4 is 10.1 Å². The molecular weight excluding hydrogens is 342 g/mol. The molecule has 0 aliphatic carbocycles. The number of aromatic nitrogens is 1. The van der Waals surface area contributed by atoms with Crippen LogP contribution in [-0.2, 0) is 0 Å². The zero-order chi connectivity index (χ0) is 17.4. The number of hydrogen-bond donors (Lipinski definition) is 1. The molecule has 3 saturated heterocycles. The molecule has 4 heterocycles. The fraction of sp³-hybridized carbons (Fsp3) is 0.444. The SMILES string of the molecule is CC1C(NC(=O)c2ccc(Oc3cc(Cl)on3)cc2)C2CCN1CC2. The smallest absolute Gasteiger partial charge is 0.261 e. The van der Waals surface area contributed by atoms with Gasteiger partial charge in [-0.1, -0.05) is 0 Å². The van der Waals surface area contributed by atoms with Crippen LogP contribution in [0.15, 0.2) is 34.9 Å². The van der Waals surface area contributed by atoms with Crippen molar-refractivity contribution in [1.29, 1.82) is 0 Å². The highest BCUT2D eigenvalue weighted by Gasteiger charge is 2.40. The lowest BCUT2D eigenvalue weighted by atomic mass is 9.79. The number of halogens is 1. The number of piperidine rings is 3. The third kappa shape index (κ3) is 3.37. The highest BCUT2D eigenvalue weighted by Crippen LogP contribution is 2.32. The van der Waals surface area contributed by atoms with Crippen LogP contribution in [0.4, 0.5) is 0 Å². The second kappa shape index (κ2) is 6.69. The molecule has 25 heavy (non-hydrogen) atoms. The zero-order valence-corrected chi connectivity index (χ0v) is 14.7. The van der Waals surface area contributed by atoms with E-state index in [4.69, 9.17) is 20.9 Å². The maximum atomic E-state index is 12.6. The van der Waals surface area contributed by atoms with E-state index in [1.54, 1.807) is 24.3 Å². The maximum absolute atomic E-state index is 12.6. The first-order valence-electron chi connectivity index (χ1n) is 8.55. The van der Waals surface area contributed by atoms with Gasteiger partial charge < -0.3 is 14.6 Å². The van der Waals surface area contributed by atoms with Gasteiger partial charge in [-0.05, 0) is 79.8 Å². The van der Waals surface area contributed by atoms with Gasteiger partial charge in [0.05, 0.1) is 6.07 Å². The number of amides is 1. The molecule has 3 fully saturated rings. The van der Waals surface area contributed by atoms with Crippen LogP contribution in [0, 0.1) is 5.92 Å². The molecule has 0 saturated carbocycles. The quantitative estimate of drug-likeness (QED) is 0.904. The van der Waals surface area contributed by atoms with Gasteiger partial charge in [0.2, 0.25) is 5.22 Å². The number of hydrogen-bond acceptors (Lipinski definition) is 5. The number of carbonyl (C=O) groups is 1. The van der Waals surface area contributed by atoms with Crippen molar-refractivity contribution in [1.82, 2.24) is 15.4 Å². The van der Waals surface area contributed by atoms with Gasteiger partial charge in [-0.25, -0.2) is 0 Å². The summed E-state index contributed by atoms with van der Waals surface area (Å²) in [6.07, 6.45) is 2.34. The molecule has 1 aromatic carbocycles. The Hall–Kier alpha value is -2.05. The van der Waals surface area contributed by atoms with E-state index >= 15 is 0 Å². The fourth-order valence-electron chi connectivity index (χ4n) is 3.86. The Morgan fingerprint density at radius 3 is 2.64 bits per heavy atom. The molecule has 1 aromatic heterocycles. The Morgan fingerprint density at radius 1 is 1.32 bits per heavy atom. The van der Waals surface area contributed by atoms with Crippen LogP contribution >= 0.6 is 11.6 Å². The topological polar surface area (TPSA) is 67.6 Å². The molecule has 2 aromatic rings. The predicted octanol–water partition coefficient (Wildman–Crippen LogP) is 3.33. The minimum atomic E-state index is -0.0402. The number of nitrogens with zero attached hydrogens (tertiary/aromatic N) is 2. The van der Waals surface area contributed by atoms with Gasteiger partial charge >= 0.3 is 0 Å². The first-order valence-corrected chi connectivity index (χ1v) is 8.93. The normalized spacial score (nSPS) is 27.9. The van der Waals surface area contributed by atoms with Gasteiger partial charge in [-0.15, -0.1) is 0 Å². The van der Waals surface area contributed by atoms with E-state index in [0.29, 0.717) is 23.3 Å². The summed E-state index contributed by atoms with van der Waals surface area (Å²) in [5.41, 5.74) is 0.620. The molecule has 1 N–H and O–H groups in total. The van der Waals surface area contributed by atoms with Crippen molar-refractivity contribution in [3.63, 3.8) is 0 Å². The molecule has 2 unspecified atom stereocenters. The Labute approximate surface area is 151 Å². The van der Waals surface area contributed by atoms with E-state index < -0.39 is 0 Å². The summed E-state index contributed by atoms with van der Waals surface area (Å²) in [6.45, 7) is 4.50. The molecule has 132 valence electrons. The number of rotatable bonds is 4. The number of benzene rings is 1. The maximum Gasteiger partial charge on any atom is 0.261 e. The third-order valence-electron chi connectivity index (χ3n) is 5.27. The summed E-state index contributed by atoms with van der Waals surface area (Å²) in [4.78, 5) is 15.1. The van der Waals surface area contributed by atoms with Crippen LogP contribution in [0.25, 0.3) is 0 Å². The standard InChI is InChI=1S/C18H20ClN3O3/c1-11-17(12-6-8-22(11)9-7-12)20-18(23)13-2-4-14(5-3-13)24-16-10-15(19)25-21-16/h2-5,10-12,17H,6-9H2,1H3,(H,20,23). The molecule has 6 nitrogen and oxygen atoms in total. The Bertz CT molecular complexity index is 751. The van der Waals surface area contributed by atoms with E-state index in [1.165, 1.54) is 18.9 Å². The lowest BCUT2D eigenvalue weighted by molar-refractivity contribution is 0.0217. The first kappa shape index (κ1) is 16.4. The molecule has 3 aliphatic heterocycles. The summed E-state index contributed by atoms with van der Waals surface area (Å²) in [6, 6.07) is 9.07. The fourth-order valence-corrected chi connectivity index (χ4v) is 3.99. The first-order chi connectivity index (χ1) is 12.1. The third-order valence-corrected chi connectivity index (χ3v) is 5.45. The highest BCUT2D eigenvalue weighted by molar-refractivity contribution is 6.28. The van der Waals surface area contributed by atoms with Crippen molar-refractivity contribution >= 4 is 17.5 Å². The summed E-state index contributed by atoms with van der Waals surface area (Å²) in [5, 5.41) is 7.05. The second-order valence-electron chi connectivity index (χ2n) is 6.71. The van der Waals surface area contributed by atoms with Crippen LogP contribution in [-0.4, -0.2) is 41.1 Å². The van der Waals surface area contributed by atoms with Crippen LogP contribution in [0.5, 0.6) is 11.6 Å². The number of nitrogens with one attached hydrogen (secondary N) is 1. The lowest BCUT2D eigenvalue weighted by Gasteiger charge is -2.49. The number of fused-ring (bicyclic) bond motifs is 3. The van der Waals surface area contributed by atoms with Gasteiger partial charge in [-0.3, -0.25) is 9.69 Å². The van der Waals surface area contributed by atoms with E-state index in [2.05, 4.69) is 22.3 Å². The van der Waals surface area contributed by atoms with Gasteiger partial charge in [-0.2, -0.15) is 0 Å². The predicted molar refractivity (Wildman–Crippen MR) is 93.0 cm³/mol. The molecule has 2 atom stereocenters. The van der Waals surface area contributed by atoms with Crippen molar-refractivity contribution < 1.29 is 14.1 Å². The van der Waals surface area contributed by atoms with Crippen molar-refractivity contribution in [3.05, 3.63) is 41.1 Å². The van der Waals surface area contributed by atoms with Crippen molar-refractivity contribution in [2.45, 2.75) is 31.8 Å². The lowest BCUT2D eigenvalue weighted by Crippen LogP contribution is -2.62. The van der Waals surface area contributed by atoms with Crippen molar-refractivity contribution in [3.8, 4) is 11.6 Å². The summed E-state index contributed by atoms with van der Waals surface area (Å²) in [7, 11) is 0. The molecule has 1 amide bonds. The summed E-state index contributed by atoms with van der Waals surface area (Å²) < 4.78 is 10.3. The van der Waals surface area contributed by atoms with Crippen molar-refractivity contribution in [2.24, 2.45) is 5.92 Å². The van der Waals surface area contributed by atoms with Gasteiger partial charge in [0.1, 0.15) is 5.75 Å². The monoisotopic (exact) mass is 361 g/mol. The minimum absolute atomic E-state index is 0.0402. The zero-order valence-electron chi connectivity index (χ0n) is 13.9. The molecule has 7 heteroatoms. The molecule has 2 bridgehead atoms. The van der Waals surface area contributed by atoms with E-state index in [0.717, 1.165) is 13.1 Å². The van der Waals surface area contributed by atoms with Crippen LogP contribution in [0.2, 0.25) is 5.22 Å². The average molecular weight is 362 g/mol. The Morgan fingerprint density at radius 2 is 2.04 bits per heavy atom. The Kier molecular flexibility index (Phi) is 4.39. The molecular formula is C18H20ClN3O3. The van der Waals surface area contributed by atoms with E-state index in [9.17, 15) is 4.79 Å². The average Bonchev–Trinajstić information content (AvgIpc) is 3.04. The summed E-state index contributed by atoms with van der Waals surface area (Å²) >= 11 is 5.66. The van der Waals surface area contributed by atoms with Crippen LogP contribution in [0.3, 0.4) is 0 Å². The van der Waals surface area contributed by atoms with Crippen molar-refractivity contribution in [2.75, 3.05) is 13.1 Å². The highest BCUT2D eigenvalue weighted by atomic mass is 35.5. The second-order valence-corrected chi connectivity index (χ2v) is 7.08. The van der Waals surface area contributed by atoms with Gasteiger partial charge in [0, 0.05) is 17.6 Å². The largest absolute Gasteiger partial charge is 0.436 e. The van der Waals surface area contributed by atoms with Gasteiger partial charge in [0.25, 0.3) is 11.8 Å². The van der Waals surface area contributed by atoms with E-state index in [-0.39, 0.29) is 23.0 Å². The van der Waals surface area contributed by atoms with Crippen LogP contribution in [0.1, 0.15) is 30.1 Å². The van der Waals surface area contributed by atoms with E-state index in [1.807, 2.05) is 0 Å². The molecule has 3 aliphatic rings.